The Kier molecular flexibility index (Phi) is 4.49. The van der Waals surface area contributed by atoms with Crippen molar-refractivity contribution in [2.24, 2.45) is 0 Å². The van der Waals surface area contributed by atoms with Gasteiger partial charge in [0.15, 0.2) is 5.78 Å². The van der Waals surface area contributed by atoms with Gasteiger partial charge in [-0.3, -0.25) is 4.79 Å². The predicted octanol–water partition coefficient (Wildman–Crippen LogP) is 5.16. The average Bonchev–Trinajstić information content (AvgIpc) is 2.47. The number of Topliss-reactive ketones (excluding diaryl/α,β-unsaturated/α-hetero) is 1. The van der Waals surface area contributed by atoms with Crippen molar-refractivity contribution in [2.75, 3.05) is 0 Å². The first-order chi connectivity index (χ1) is 10.3. The van der Waals surface area contributed by atoms with E-state index in [1.54, 1.807) is 0 Å². The number of carbonyl (C=O) groups excluding carboxylic acids is 1. The van der Waals surface area contributed by atoms with Gasteiger partial charge in [0.25, 0.3) is 0 Å². The van der Waals surface area contributed by atoms with Crippen LogP contribution in [-0.4, -0.2) is 5.78 Å². The topological polar surface area (TPSA) is 17.1 Å². The van der Waals surface area contributed by atoms with Crippen molar-refractivity contribution < 1.29 is 4.79 Å². The van der Waals surface area contributed by atoms with E-state index in [1.165, 1.54) is 30.4 Å². The molecule has 1 nitrogen and oxygen atoms in total. The van der Waals surface area contributed by atoms with Gasteiger partial charge >= 0.3 is 0 Å². The van der Waals surface area contributed by atoms with Crippen LogP contribution in [0.25, 0.3) is 0 Å². The van der Waals surface area contributed by atoms with Crippen molar-refractivity contribution in [3.8, 4) is 0 Å². The summed E-state index contributed by atoms with van der Waals surface area (Å²) in [6, 6.07) is 18.7. The maximum absolute atomic E-state index is 12.3. The predicted molar refractivity (Wildman–Crippen MR) is 86.7 cm³/mol. The molecule has 21 heavy (non-hydrogen) atoms. The maximum atomic E-state index is 12.3. The minimum atomic E-state index is 0.284. The highest BCUT2D eigenvalue weighted by Crippen LogP contribution is 2.36. The minimum absolute atomic E-state index is 0.284. The average molecular weight is 278 g/mol. The molecule has 1 heteroatoms. The second kappa shape index (κ2) is 6.71. The molecule has 0 amide bonds. The molecule has 0 aromatic heterocycles. The Hall–Kier alpha value is -1.89. The SMILES string of the molecule is O=C(CCCc1ccccc1)c1cccc(C2CCC2)c1. The smallest absolute Gasteiger partial charge is 0.162 e. The summed E-state index contributed by atoms with van der Waals surface area (Å²) in [5.41, 5.74) is 3.57. The van der Waals surface area contributed by atoms with Crippen LogP contribution in [0, 0.1) is 0 Å². The lowest BCUT2D eigenvalue weighted by atomic mass is 9.79. The Morgan fingerprint density at radius 3 is 2.52 bits per heavy atom. The summed E-state index contributed by atoms with van der Waals surface area (Å²) in [4.78, 5) is 12.3. The zero-order valence-electron chi connectivity index (χ0n) is 12.4. The maximum Gasteiger partial charge on any atom is 0.162 e. The molecule has 1 aliphatic rings. The van der Waals surface area contributed by atoms with Crippen LogP contribution >= 0.6 is 0 Å². The molecule has 0 aliphatic heterocycles. The number of ketones is 1. The van der Waals surface area contributed by atoms with Crippen LogP contribution < -0.4 is 0 Å². The Morgan fingerprint density at radius 2 is 1.81 bits per heavy atom. The summed E-state index contributed by atoms with van der Waals surface area (Å²) in [6.45, 7) is 0. The van der Waals surface area contributed by atoms with E-state index in [4.69, 9.17) is 0 Å². The molecular weight excluding hydrogens is 256 g/mol. The molecule has 0 radical (unpaired) electrons. The Morgan fingerprint density at radius 1 is 1.00 bits per heavy atom. The number of hydrogen-bond acceptors (Lipinski definition) is 1. The number of benzene rings is 2. The van der Waals surface area contributed by atoms with E-state index in [-0.39, 0.29) is 5.78 Å². The molecule has 0 spiro atoms. The van der Waals surface area contributed by atoms with Crippen molar-refractivity contribution in [1.82, 2.24) is 0 Å². The molecule has 0 N–H and O–H groups in total. The van der Waals surface area contributed by atoms with E-state index in [1.807, 2.05) is 18.2 Å². The number of carbonyl (C=O) groups is 1. The monoisotopic (exact) mass is 278 g/mol. The van der Waals surface area contributed by atoms with Gasteiger partial charge < -0.3 is 0 Å². The summed E-state index contributed by atoms with van der Waals surface area (Å²) in [5, 5.41) is 0. The lowest BCUT2D eigenvalue weighted by Crippen LogP contribution is -2.10. The lowest BCUT2D eigenvalue weighted by molar-refractivity contribution is 0.0980. The van der Waals surface area contributed by atoms with Crippen LogP contribution in [0.3, 0.4) is 0 Å². The molecule has 0 heterocycles. The fourth-order valence-corrected chi connectivity index (χ4v) is 2.95. The third-order valence-corrected chi connectivity index (χ3v) is 4.50. The number of aryl methyl sites for hydroxylation is 1. The Labute approximate surface area is 127 Å². The standard InChI is InChI=1S/C20H22O/c21-20(14-4-9-16-7-2-1-3-8-16)19-13-6-12-18(15-19)17-10-5-11-17/h1-3,6-8,12-13,15,17H,4-5,9-11,14H2. The number of rotatable bonds is 6. The highest BCUT2D eigenvalue weighted by atomic mass is 16.1. The molecule has 0 saturated heterocycles. The highest BCUT2D eigenvalue weighted by molar-refractivity contribution is 5.96. The Bertz CT molecular complexity index is 596. The molecule has 3 rings (SSSR count). The van der Waals surface area contributed by atoms with E-state index in [9.17, 15) is 4.79 Å². The number of hydrogen-bond donors (Lipinski definition) is 0. The third kappa shape index (κ3) is 3.60. The zero-order valence-corrected chi connectivity index (χ0v) is 12.4. The highest BCUT2D eigenvalue weighted by Gasteiger charge is 2.20. The summed E-state index contributed by atoms with van der Waals surface area (Å²) in [6.07, 6.45) is 6.45. The van der Waals surface area contributed by atoms with Crippen LogP contribution in [0.5, 0.6) is 0 Å². The van der Waals surface area contributed by atoms with E-state index in [0.29, 0.717) is 12.3 Å². The molecule has 2 aromatic rings. The molecule has 1 aliphatic carbocycles. The van der Waals surface area contributed by atoms with Gasteiger partial charge in [0, 0.05) is 12.0 Å². The van der Waals surface area contributed by atoms with Gasteiger partial charge in [0.1, 0.15) is 0 Å². The molecular formula is C20H22O. The van der Waals surface area contributed by atoms with Crippen molar-refractivity contribution in [1.29, 1.82) is 0 Å². The molecule has 0 bridgehead atoms. The zero-order chi connectivity index (χ0) is 14.5. The van der Waals surface area contributed by atoms with Crippen molar-refractivity contribution in [3.05, 3.63) is 71.3 Å². The first-order valence-electron chi connectivity index (χ1n) is 8.00. The summed E-state index contributed by atoms with van der Waals surface area (Å²) >= 11 is 0. The lowest BCUT2D eigenvalue weighted by Gasteiger charge is -2.26. The molecule has 0 atom stereocenters. The van der Waals surface area contributed by atoms with Crippen molar-refractivity contribution in [3.63, 3.8) is 0 Å². The van der Waals surface area contributed by atoms with Crippen LogP contribution in [0.2, 0.25) is 0 Å². The van der Waals surface area contributed by atoms with E-state index < -0.39 is 0 Å². The fraction of sp³-hybridized carbons (Fsp3) is 0.350. The van der Waals surface area contributed by atoms with Gasteiger partial charge in [-0.2, -0.15) is 0 Å². The summed E-state index contributed by atoms with van der Waals surface area (Å²) < 4.78 is 0. The first-order valence-corrected chi connectivity index (χ1v) is 8.00. The van der Waals surface area contributed by atoms with Crippen molar-refractivity contribution in [2.45, 2.75) is 44.4 Å². The third-order valence-electron chi connectivity index (χ3n) is 4.50. The summed E-state index contributed by atoms with van der Waals surface area (Å²) in [7, 11) is 0. The second-order valence-corrected chi connectivity index (χ2v) is 6.02. The normalized spacial score (nSPS) is 14.7. The van der Waals surface area contributed by atoms with Crippen LogP contribution in [-0.2, 0) is 6.42 Å². The second-order valence-electron chi connectivity index (χ2n) is 6.02. The minimum Gasteiger partial charge on any atom is -0.294 e. The van der Waals surface area contributed by atoms with Gasteiger partial charge in [0.05, 0.1) is 0 Å². The molecule has 108 valence electrons. The summed E-state index contributed by atoms with van der Waals surface area (Å²) in [5.74, 6) is 0.981. The largest absolute Gasteiger partial charge is 0.294 e. The van der Waals surface area contributed by atoms with Gasteiger partial charge in [0.2, 0.25) is 0 Å². The van der Waals surface area contributed by atoms with Gasteiger partial charge in [-0.1, -0.05) is 55.0 Å². The van der Waals surface area contributed by atoms with Gasteiger partial charge in [-0.25, -0.2) is 0 Å². The molecule has 0 unspecified atom stereocenters. The van der Waals surface area contributed by atoms with Gasteiger partial charge in [-0.15, -0.1) is 0 Å². The molecule has 1 fully saturated rings. The van der Waals surface area contributed by atoms with Crippen LogP contribution in [0.15, 0.2) is 54.6 Å². The van der Waals surface area contributed by atoms with E-state index in [2.05, 4.69) is 36.4 Å². The Balaban J connectivity index is 1.55. The molecule has 1 saturated carbocycles. The van der Waals surface area contributed by atoms with E-state index >= 15 is 0 Å². The van der Waals surface area contributed by atoms with Gasteiger partial charge in [-0.05, 0) is 48.8 Å². The van der Waals surface area contributed by atoms with Crippen molar-refractivity contribution >= 4 is 5.78 Å². The first kappa shape index (κ1) is 14.1. The van der Waals surface area contributed by atoms with E-state index in [0.717, 1.165) is 18.4 Å². The quantitative estimate of drug-likeness (QED) is 0.667. The molecule has 2 aromatic carbocycles. The fourth-order valence-electron chi connectivity index (χ4n) is 2.95. The van der Waals surface area contributed by atoms with Crippen LogP contribution in [0.1, 0.15) is 59.5 Å². The van der Waals surface area contributed by atoms with Crippen LogP contribution in [0.4, 0.5) is 0 Å².